The largest absolute Gasteiger partial charge is 0.468 e. The lowest BCUT2D eigenvalue weighted by Crippen LogP contribution is -2.48. The minimum absolute atomic E-state index is 0.0798. The van der Waals surface area contributed by atoms with E-state index in [1.54, 1.807) is 0 Å². The van der Waals surface area contributed by atoms with Crippen LogP contribution in [-0.2, 0) is 14.3 Å². The normalized spacial score (nSPS) is 18.4. The molecule has 0 spiro atoms. The van der Waals surface area contributed by atoms with Crippen molar-refractivity contribution in [3.8, 4) is 0 Å². The van der Waals surface area contributed by atoms with Gasteiger partial charge in [0.15, 0.2) is 0 Å². The molecule has 1 aliphatic heterocycles. The molecule has 0 bridgehead atoms. The van der Waals surface area contributed by atoms with Crippen LogP contribution in [0.1, 0.15) is 20.3 Å². The van der Waals surface area contributed by atoms with Crippen molar-refractivity contribution < 1.29 is 14.3 Å². The standard InChI is InChI=1S/C12H19BrN2O3/c1-8-4-5-15(7-10(8)13)9(2)12(17)14-6-11(16)18-3/h9H,4-7H2,1-3H3,(H,14,17)/t9-/m1/s1. The van der Waals surface area contributed by atoms with E-state index in [0.29, 0.717) is 0 Å². The molecule has 0 saturated heterocycles. The fourth-order valence-electron chi connectivity index (χ4n) is 1.71. The average molecular weight is 319 g/mol. The summed E-state index contributed by atoms with van der Waals surface area (Å²) in [6, 6.07) is -0.254. The molecule has 0 unspecified atom stereocenters. The van der Waals surface area contributed by atoms with Crippen LogP contribution in [0.2, 0.25) is 0 Å². The molecule has 1 atom stereocenters. The van der Waals surface area contributed by atoms with Gasteiger partial charge in [0.25, 0.3) is 0 Å². The number of halogens is 1. The molecule has 18 heavy (non-hydrogen) atoms. The monoisotopic (exact) mass is 318 g/mol. The molecule has 0 aromatic heterocycles. The van der Waals surface area contributed by atoms with Crippen LogP contribution in [0.4, 0.5) is 0 Å². The SMILES string of the molecule is COC(=O)CNC(=O)[C@@H](C)N1CCC(C)=C(Br)C1. The lowest BCUT2D eigenvalue weighted by Gasteiger charge is -2.32. The highest BCUT2D eigenvalue weighted by atomic mass is 79.9. The number of esters is 1. The van der Waals surface area contributed by atoms with Crippen LogP contribution in [0.3, 0.4) is 0 Å². The Balaban J connectivity index is 2.47. The highest BCUT2D eigenvalue weighted by Crippen LogP contribution is 2.23. The molecule has 0 fully saturated rings. The van der Waals surface area contributed by atoms with E-state index in [4.69, 9.17) is 0 Å². The molecule has 0 aliphatic carbocycles. The van der Waals surface area contributed by atoms with Gasteiger partial charge in [0, 0.05) is 17.6 Å². The van der Waals surface area contributed by atoms with E-state index >= 15 is 0 Å². The third-order valence-electron chi connectivity index (χ3n) is 3.14. The number of hydrogen-bond donors (Lipinski definition) is 1. The van der Waals surface area contributed by atoms with Crippen LogP contribution in [0.25, 0.3) is 0 Å². The molecule has 1 N–H and O–H groups in total. The molecule has 0 saturated carbocycles. The second-order valence-electron chi connectivity index (χ2n) is 4.38. The van der Waals surface area contributed by atoms with Crippen LogP contribution in [0, 0.1) is 0 Å². The molecule has 1 rings (SSSR count). The maximum absolute atomic E-state index is 11.9. The molecule has 0 radical (unpaired) electrons. The Morgan fingerprint density at radius 1 is 1.56 bits per heavy atom. The van der Waals surface area contributed by atoms with E-state index in [1.807, 2.05) is 6.92 Å². The maximum Gasteiger partial charge on any atom is 0.325 e. The number of methoxy groups -OCH3 is 1. The summed E-state index contributed by atoms with van der Waals surface area (Å²) in [7, 11) is 1.30. The number of nitrogens with zero attached hydrogens (tertiary/aromatic N) is 1. The number of ether oxygens (including phenoxy) is 1. The van der Waals surface area contributed by atoms with Gasteiger partial charge in [-0.25, -0.2) is 0 Å². The zero-order chi connectivity index (χ0) is 13.7. The minimum Gasteiger partial charge on any atom is -0.468 e. The van der Waals surface area contributed by atoms with Gasteiger partial charge in [0.1, 0.15) is 6.54 Å². The summed E-state index contributed by atoms with van der Waals surface area (Å²) in [5, 5.41) is 2.57. The van der Waals surface area contributed by atoms with Gasteiger partial charge in [-0.15, -0.1) is 0 Å². The van der Waals surface area contributed by atoms with Gasteiger partial charge in [-0.3, -0.25) is 14.5 Å². The Morgan fingerprint density at radius 2 is 2.22 bits per heavy atom. The molecule has 5 nitrogen and oxygen atoms in total. The number of amides is 1. The minimum atomic E-state index is -0.439. The average Bonchev–Trinajstić information content (AvgIpc) is 2.37. The van der Waals surface area contributed by atoms with Crippen molar-refractivity contribution in [3.63, 3.8) is 0 Å². The Morgan fingerprint density at radius 3 is 2.78 bits per heavy atom. The van der Waals surface area contributed by atoms with Crippen LogP contribution >= 0.6 is 15.9 Å². The molecular formula is C12H19BrN2O3. The van der Waals surface area contributed by atoms with Gasteiger partial charge < -0.3 is 10.1 Å². The van der Waals surface area contributed by atoms with Crippen molar-refractivity contribution in [1.82, 2.24) is 10.2 Å². The number of rotatable bonds is 4. The number of carbonyl (C=O) groups is 2. The fraction of sp³-hybridized carbons (Fsp3) is 0.667. The fourth-order valence-corrected chi connectivity index (χ4v) is 2.24. The number of hydrogen-bond acceptors (Lipinski definition) is 4. The summed E-state index contributed by atoms with van der Waals surface area (Å²) < 4.78 is 5.61. The van der Waals surface area contributed by atoms with Gasteiger partial charge in [0.05, 0.1) is 13.2 Å². The summed E-state index contributed by atoms with van der Waals surface area (Å²) in [5.41, 5.74) is 1.33. The molecule has 6 heteroatoms. The summed E-state index contributed by atoms with van der Waals surface area (Å²) in [4.78, 5) is 24.9. The van der Waals surface area contributed by atoms with Crippen molar-refractivity contribution in [1.29, 1.82) is 0 Å². The molecule has 1 amide bonds. The third kappa shape index (κ3) is 4.10. The van der Waals surface area contributed by atoms with Crippen molar-refractivity contribution in [2.45, 2.75) is 26.3 Å². The lowest BCUT2D eigenvalue weighted by atomic mass is 10.1. The Kier molecular flexibility index (Phi) is 5.81. The van der Waals surface area contributed by atoms with Gasteiger partial charge in [-0.1, -0.05) is 21.5 Å². The molecule has 102 valence electrons. The van der Waals surface area contributed by atoms with E-state index < -0.39 is 5.97 Å². The first-order valence-electron chi connectivity index (χ1n) is 5.88. The summed E-state index contributed by atoms with van der Waals surface area (Å²) >= 11 is 3.52. The summed E-state index contributed by atoms with van der Waals surface area (Å²) in [6.07, 6.45) is 0.954. The number of nitrogens with one attached hydrogen (secondary N) is 1. The highest BCUT2D eigenvalue weighted by molar-refractivity contribution is 9.11. The van der Waals surface area contributed by atoms with Crippen molar-refractivity contribution >= 4 is 27.8 Å². The zero-order valence-corrected chi connectivity index (χ0v) is 12.5. The smallest absolute Gasteiger partial charge is 0.325 e. The van der Waals surface area contributed by atoms with Crippen molar-refractivity contribution in [2.75, 3.05) is 26.7 Å². The summed E-state index contributed by atoms with van der Waals surface area (Å²) in [5.74, 6) is -0.591. The van der Waals surface area contributed by atoms with Gasteiger partial charge in [-0.05, 0) is 20.3 Å². The van der Waals surface area contributed by atoms with E-state index in [1.165, 1.54) is 12.7 Å². The predicted molar refractivity (Wildman–Crippen MR) is 72.3 cm³/mol. The van der Waals surface area contributed by atoms with E-state index in [9.17, 15) is 9.59 Å². The molecule has 1 heterocycles. The Bertz CT molecular complexity index is 368. The van der Waals surface area contributed by atoms with Crippen molar-refractivity contribution in [2.24, 2.45) is 0 Å². The van der Waals surface area contributed by atoms with Crippen LogP contribution < -0.4 is 5.32 Å². The predicted octanol–water partition coefficient (Wildman–Crippen LogP) is 1.04. The Hall–Kier alpha value is -0.880. The van der Waals surface area contributed by atoms with Crippen LogP contribution in [0.15, 0.2) is 10.1 Å². The second-order valence-corrected chi connectivity index (χ2v) is 5.33. The Labute approximate surface area is 116 Å². The van der Waals surface area contributed by atoms with Gasteiger partial charge in [0.2, 0.25) is 5.91 Å². The maximum atomic E-state index is 11.9. The first kappa shape index (κ1) is 15.2. The van der Waals surface area contributed by atoms with E-state index in [2.05, 4.69) is 37.8 Å². The zero-order valence-electron chi connectivity index (χ0n) is 11.0. The quantitative estimate of drug-likeness (QED) is 0.787. The van der Waals surface area contributed by atoms with Gasteiger partial charge in [-0.2, -0.15) is 0 Å². The van der Waals surface area contributed by atoms with Gasteiger partial charge >= 0.3 is 5.97 Å². The van der Waals surface area contributed by atoms with E-state index in [-0.39, 0.29) is 18.5 Å². The van der Waals surface area contributed by atoms with Crippen LogP contribution in [0.5, 0.6) is 0 Å². The third-order valence-corrected chi connectivity index (χ3v) is 4.07. The lowest BCUT2D eigenvalue weighted by molar-refractivity contribution is -0.141. The van der Waals surface area contributed by atoms with Crippen LogP contribution in [-0.4, -0.2) is 49.6 Å². The number of carbonyl (C=O) groups excluding carboxylic acids is 2. The first-order chi connectivity index (χ1) is 8.45. The molecule has 1 aliphatic rings. The first-order valence-corrected chi connectivity index (χ1v) is 6.67. The highest BCUT2D eigenvalue weighted by Gasteiger charge is 2.24. The van der Waals surface area contributed by atoms with E-state index in [0.717, 1.165) is 24.0 Å². The molecule has 0 aromatic rings. The summed E-state index contributed by atoms with van der Waals surface area (Å²) in [6.45, 7) is 5.44. The second kappa shape index (κ2) is 6.89. The molecular weight excluding hydrogens is 300 g/mol. The van der Waals surface area contributed by atoms with Crippen molar-refractivity contribution in [3.05, 3.63) is 10.1 Å². The molecule has 0 aromatic carbocycles. The topological polar surface area (TPSA) is 58.6 Å².